The number of aromatic carboxylic acids is 1. The number of carbonyl (C=O) groups is 1. The first-order chi connectivity index (χ1) is 11.0. The number of nitrogens with zero attached hydrogens (tertiary/aromatic N) is 1. The Morgan fingerprint density at radius 3 is 2.35 bits per heavy atom. The fraction of sp³-hybridized carbons (Fsp3) is 0.188. The van der Waals surface area contributed by atoms with Crippen molar-refractivity contribution in [2.75, 3.05) is 4.31 Å². The van der Waals surface area contributed by atoms with E-state index in [9.17, 15) is 18.7 Å². The van der Waals surface area contributed by atoms with Crippen molar-refractivity contribution in [1.82, 2.24) is 0 Å². The lowest BCUT2D eigenvalue weighted by atomic mass is 10.1. The molecule has 0 aliphatic heterocycles. The van der Waals surface area contributed by atoms with E-state index < -0.39 is 23.0 Å². The smallest absolute Gasteiger partial charge is 0.339 e. The molecule has 3 N–H and O–H groups in total. The van der Waals surface area contributed by atoms with Crippen molar-refractivity contribution in [1.29, 1.82) is 0 Å². The van der Waals surface area contributed by atoms with Crippen molar-refractivity contribution in [2.24, 2.45) is 0 Å². The van der Waals surface area contributed by atoms with E-state index in [1.165, 1.54) is 23.8 Å². The molecule has 1 aliphatic rings. The number of benzene rings is 2. The second-order valence-electron chi connectivity index (χ2n) is 5.34. The van der Waals surface area contributed by atoms with Crippen molar-refractivity contribution in [3.05, 3.63) is 53.1 Å². The molecule has 6 nitrogen and oxygen atoms in total. The van der Waals surface area contributed by atoms with Gasteiger partial charge in [0.2, 0.25) is 0 Å². The van der Waals surface area contributed by atoms with E-state index in [0.29, 0.717) is 5.69 Å². The fourth-order valence-corrected chi connectivity index (χ4v) is 3.43. The van der Waals surface area contributed by atoms with Gasteiger partial charge in [-0.2, -0.15) is 0 Å². The highest BCUT2D eigenvalue weighted by Gasteiger charge is 2.20. The minimum absolute atomic E-state index is 0.242. The van der Waals surface area contributed by atoms with Gasteiger partial charge in [-0.3, -0.25) is 4.55 Å². The van der Waals surface area contributed by atoms with Gasteiger partial charge in [-0.15, -0.1) is 0 Å². The van der Waals surface area contributed by atoms with E-state index in [4.69, 9.17) is 5.11 Å². The first-order valence-electron chi connectivity index (χ1n) is 7.06. The number of hydrogen-bond donors (Lipinski definition) is 3. The van der Waals surface area contributed by atoms with E-state index >= 15 is 0 Å². The van der Waals surface area contributed by atoms with Crippen molar-refractivity contribution in [2.45, 2.75) is 19.3 Å². The zero-order valence-electron chi connectivity index (χ0n) is 12.1. The molecule has 7 heteroatoms. The van der Waals surface area contributed by atoms with Gasteiger partial charge >= 0.3 is 5.97 Å². The maximum atomic E-state index is 11.8. The summed E-state index contributed by atoms with van der Waals surface area (Å²) in [6, 6.07) is 9.32. The average Bonchev–Trinajstić information content (AvgIpc) is 2.94. The SMILES string of the molecule is O=C(O)c1ccc(N(c2ccc3c(c2)CCC3)S(=O)O)cc1O. The molecule has 0 aromatic heterocycles. The molecular formula is C16H15NO5S. The van der Waals surface area contributed by atoms with Crippen LogP contribution in [0.5, 0.6) is 5.75 Å². The lowest BCUT2D eigenvalue weighted by molar-refractivity contribution is 0.0694. The second kappa shape index (κ2) is 6.02. The first kappa shape index (κ1) is 15.5. The molecule has 1 aliphatic carbocycles. The Morgan fingerprint density at radius 2 is 1.70 bits per heavy atom. The maximum Gasteiger partial charge on any atom is 0.339 e. The van der Waals surface area contributed by atoms with Crippen molar-refractivity contribution in [3.8, 4) is 5.75 Å². The largest absolute Gasteiger partial charge is 0.507 e. The van der Waals surface area contributed by atoms with Crippen molar-refractivity contribution >= 4 is 28.6 Å². The second-order valence-corrected chi connectivity index (χ2v) is 6.16. The summed E-state index contributed by atoms with van der Waals surface area (Å²) in [5.41, 5.74) is 2.89. The average molecular weight is 333 g/mol. The van der Waals surface area contributed by atoms with E-state index in [1.807, 2.05) is 12.1 Å². The topological polar surface area (TPSA) is 98.1 Å². The van der Waals surface area contributed by atoms with E-state index in [-0.39, 0.29) is 11.3 Å². The van der Waals surface area contributed by atoms with Crippen LogP contribution in [0.15, 0.2) is 36.4 Å². The Morgan fingerprint density at radius 1 is 1.04 bits per heavy atom. The maximum absolute atomic E-state index is 11.8. The molecule has 23 heavy (non-hydrogen) atoms. The molecule has 0 saturated heterocycles. The molecular weight excluding hydrogens is 318 g/mol. The molecule has 0 fully saturated rings. The Bertz CT molecular complexity index is 805. The fourth-order valence-electron chi connectivity index (χ4n) is 2.84. The van der Waals surface area contributed by atoms with Crippen LogP contribution >= 0.6 is 0 Å². The summed E-state index contributed by atoms with van der Waals surface area (Å²) in [6.45, 7) is 0. The number of carboxylic acids is 1. The highest BCUT2D eigenvalue weighted by atomic mass is 32.2. The standard InChI is InChI=1S/C16H15NO5S/c18-15-9-13(6-7-14(15)16(19)20)17(23(21)22)12-5-4-10-2-1-3-11(10)8-12/h4-9,18H,1-3H2,(H,19,20)(H,21,22). The quantitative estimate of drug-likeness (QED) is 0.747. The molecule has 2 aromatic carbocycles. The van der Waals surface area contributed by atoms with Gasteiger partial charge in [0.15, 0.2) is 0 Å². The molecule has 3 rings (SSSR count). The molecule has 0 saturated carbocycles. The van der Waals surface area contributed by atoms with Gasteiger partial charge < -0.3 is 10.2 Å². The van der Waals surface area contributed by atoms with E-state index in [1.54, 1.807) is 6.07 Å². The summed E-state index contributed by atoms with van der Waals surface area (Å²) in [5, 5.41) is 18.8. The first-order valence-corrected chi connectivity index (χ1v) is 8.13. The number of aryl methyl sites for hydroxylation is 2. The number of hydrogen-bond acceptors (Lipinski definition) is 3. The summed E-state index contributed by atoms with van der Waals surface area (Å²) >= 11 is -2.35. The third-order valence-electron chi connectivity index (χ3n) is 3.92. The number of anilines is 2. The van der Waals surface area contributed by atoms with Crippen LogP contribution in [0.4, 0.5) is 11.4 Å². The van der Waals surface area contributed by atoms with Gasteiger partial charge in [-0.1, -0.05) is 6.07 Å². The zero-order chi connectivity index (χ0) is 16.6. The summed E-state index contributed by atoms with van der Waals surface area (Å²) in [7, 11) is 0. The van der Waals surface area contributed by atoms with Crippen LogP contribution in [-0.4, -0.2) is 24.9 Å². The Balaban J connectivity index is 2.04. The van der Waals surface area contributed by atoms with Crippen LogP contribution < -0.4 is 4.31 Å². The lowest BCUT2D eigenvalue weighted by Crippen LogP contribution is -2.19. The molecule has 1 atom stereocenters. The minimum atomic E-state index is -2.35. The summed E-state index contributed by atoms with van der Waals surface area (Å²) in [6.07, 6.45) is 3.00. The summed E-state index contributed by atoms with van der Waals surface area (Å²) < 4.78 is 22.5. The van der Waals surface area contributed by atoms with Gasteiger partial charge in [0.25, 0.3) is 11.3 Å². The van der Waals surface area contributed by atoms with Crippen molar-refractivity contribution < 1.29 is 23.8 Å². The molecule has 2 aromatic rings. The normalized spacial score (nSPS) is 14.3. The third kappa shape index (κ3) is 2.93. The molecule has 0 radical (unpaired) electrons. The van der Waals surface area contributed by atoms with Gasteiger partial charge in [0.1, 0.15) is 11.3 Å². The summed E-state index contributed by atoms with van der Waals surface area (Å²) in [5.74, 6) is -1.71. The van der Waals surface area contributed by atoms with Crippen LogP contribution in [0.2, 0.25) is 0 Å². The Labute approximate surface area is 135 Å². The minimum Gasteiger partial charge on any atom is -0.507 e. The predicted molar refractivity (Wildman–Crippen MR) is 86.4 cm³/mol. The molecule has 1 unspecified atom stereocenters. The monoisotopic (exact) mass is 333 g/mol. The number of fused-ring (bicyclic) bond motifs is 1. The number of rotatable bonds is 4. The van der Waals surface area contributed by atoms with Gasteiger partial charge in [-0.05, 0) is 54.7 Å². The van der Waals surface area contributed by atoms with Crippen LogP contribution in [0.3, 0.4) is 0 Å². The van der Waals surface area contributed by atoms with Gasteiger partial charge in [0, 0.05) is 6.07 Å². The zero-order valence-corrected chi connectivity index (χ0v) is 12.9. The number of carboxylic acid groups (broad SMARTS) is 1. The highest BCUT2D eigenvalue weighted by Crippen LogP contribution is 2.34. The van der Waals surface area contributed by atoms with Crippen molar-refractivity contribution in [3.63, 3.8) is 0 Å². The van der Waals surface area contributed by atoms with E-state index in [0.717, 1.165) is 29.1 Å². The predicted octanol–water partition coefficient (Wildman–Crippen LogP) is 2.85. The van der Waals surface area contributed by atoms with Gasteiger partial charge in [0.05, 0.1) is 11.4 Å². The lowest BCUT2D eigenvalue weighted by Gasteiger charge is -2.21. The van der Waals surface area contributed by atoms with Gasteiger partial charge in [-0.25, -0.2) is 13.3 Å². The summed E-state index contributed by atoms with van der Waals surface area (Å²) in [4.78, 5) is 11.0. The van der Waals surface area contributed by atoms with Crippen LogP contribution in [0, 0.1) is 0 Å². The number of phenols is 1. The molecule has 0 spiro atoms. The van der Waals surface area contributed by atoms with Crippen LogP contribution in [-0.2, 0) is 24.1 Å². The molecule has 0 heterocycles. The molecule has 0 bridgehead atoms. The molecule has 0 amide bonds. The highest BCUT2D eigenvalue weighted by molar-refractivity contribution is 7.81. The van der Waals surface area contributed by atoms with E-state index in [2.05, 4.69) is 0 Å². The number of aromatic hydroxyl groups is 1. The Hall–Kier alpha value is -2.38. The molecule has 120 valence electrons. The van der Waals surface area contributed by atoms with Crippen LogP contribution in [0.25, 0.3) is 0 Å². The Kier molecular flexibility index (Phi) is 4.06. The third-order valence-corrected chi connectivity index (χ3v) is 4.65. The van der Waals surface area contributed by atoms with Crippen LogP contribution in [0.1, 0.15) is 27.9 Å².